The van der Waals surface area contributed by atoms with Gasteiger partial charge in [-0.25, -0.2) is 0 Å². The quantitative estimate of drug-likeness (QED) is 0.802. The third-order valence-corrected chi connectivity index (χ3v) is 3.60. The Labute approximate surface area is 88.8 Å². The molecule has 2 nitrogen and oxygen atoms in total. The standard InChI is InChI=1S/C11H14N2S/c1-13-10(8-14-11(13)7-12)9-5-3-2-4-6-9/h2-6,8,11H,7,12H2,1H3. The van der Waals surface area contributed by atoms with Crippen LogP contribution in [0.3, 0.4) is 0 Å². The molecular weight excluding hydrogens is 192 g/mol. The first-order chi connectivity index (χ1) is 6.83. The lowest BCUT2D eigenvalue weighted by molar-refractivity contribution is 0.464. The Morgan fingerprint density at radius 1 is 1.36 bits per heavy atom. The molecule has 3 heteroatoms. The van der Waals surface area contributed by atoms with E-state index in [1.165, 1.54) is 11.3 Å². The van der Waals surface area contributed by atoms with E-state index in [9.17, 15) is 0 Å². The summed E-state index contributed by atoms with van der Waals surface area (Å²) < 4.78 is 0. The second-order valence-corrected chi connectivity index (χ2v) is 4.36. The summed E-state index contributed by atoms with van der Waals surface area (Å²) >= 11 is 1.79. The minimum atomic E-state index is 0.394. The third kappa shape index (κ3) is 1.65. The first-order valence-electron chi connectivity index (χ1n) is 4.67. The molecule has 0 bridgehead atoms. The smallest absolute Gasteiger partial charge is 0.0910 e. The highest BCUT2D eigenvalue weighted by molar-refractivity contribution is 8.03. The predicted octanol–water partition coefficient (Wildman–Crippen LogP) is 1.95. The van der Waals surface area contributed by atoms with Gasteiger partial charge in [0.25, 0.3) is 0 Å². The highest BCUT2D eigenvalue weighted by Gasteiger charge is 2.22. The summed E-state index contributed by atoms with van der Waals surface area (Å²) in [6, 6.07) is 10.4. The first kappa shape index (κ1) is 9.62. The van der Waals surface area contributed by atoms with Gasteiger partial charge in [-0.05, 0) is 11.0 Å². The van der Waals surface area contributed by atoms with E-state index in [-0.39, 0.29) is 0 Å². The molecule has 1 aliphatic heterocycles. The number of nitrogens with two attached hydrogens (primary N) is 1. The maximum absolute atomic E-state index is 5.67. The monoisotopic (exact) mass is 206 g/mol. The second-order valence-electron chi connectivity index (χ2n) is 3.31. The van der Waals surface area contributed by atoms with Crippen LogP contribution in [-0.2, 0) is 0 Å². The average molecular weight is 206 g/mol. The fraction of sp³-hybridized carbons (Fsp3) is 0.273. The topological polar surface area (TPSA) is 29.3 Å². The second kappa shape index (κ2) is 4.07. The van der Waals surface area contributed by atoms with Gasteiger partial charge in [0.05, 0.1) is 11.1 Å². The van der Waals surface area contributed by atoms with Crippen molar-refractivity contribution in [2.24, 2.45) is 5.73 Å². The molecule has 0 fully saturated rings. The van der Waals surface area contributed by atoms with Crippen LogP contribution in [0.5, 0.6) is 0 Å². The fourth-order valence-corrected chi connectivity index (χ4v) is 2.56. The van der Waals surface area contributed by atoms with Crippen LogP contribution in [-0.4, -0.2) is 23.9 Å². The summed E-state index contributed by atoms with van der Waals surface area (Å²) in [4.78, 5) is 2.24. The Morgan fingerprint density at radius 2 is 2.07 bits per heavy atom. The Balaban J connectivity index is 2.22. The van der Waals surface area contributed by atoms with Gasteiger partial charge in [-0.1, -0.05) is 30.3 Å². The van der Waals surface area contributed by atoms with Crippen molar-refractivity contribution in [1.29, 1.82) is 0 Å². The average Bonchev–Trinajstić information content (AvgIpc) is 2.61. The first-order valence-corrected chi connectivity index (χ1v) is 5.61. The van der Waals surface area contributed by atoms with Crippen LogP contribution in [0, 0.1) is 0 Å². The van der Waals surface area contributed by atoms with E-state index in [0.717, 1.165) is 0 Å². The van der Waals surface area contributed by atoms with E-state index in [0.29, 0.717) is 11.9 Å². The minimum absolute atomic E-state index is 0.394. The number of rotatable bonds is 2. The number of likely N-dealkylation sites (N-methyl/N-ethyl adjacent to an activating group) is 1. The zero-order valence-corrected chi connectivity index (χ0v) is 9.00. The highest BCUT2D eigenvalue weighted by Crippen LogP contribution is 2.34. The molecule has 2 N–H and O–H groups in total. The van der Waals surface area contributed by atoms with Crippen molar-refractivity contribution < 1.29 is 0 Å². The Kier molecular flexibility index (Phi) is 2.79. The van der Waals surface area contributed by atoms with Crippen LogP contribution in [0.15, 0.2) is 35.7 Å². The van der Waals surface area contributed by atoms with Gasteiger partial charge in [0.15, 0.2) is 0 Å². The van der Waals surface area contributed by atoms with E-state index in [1.54, 1.807) is 11.8 Å². The number of thioether (sulfide) groups is 1. The molecule has 1 aliphatic rings. The normalized spacial score (nSPS) is 21.1. The Hall–Kier alpha value is -0.930. The molecular formula is C11H14N2S. The lowest BCUT2D eigenvalue weighted by Crippen LogP contribution is -2.30. The fourth-order valence-electron chi connectivity index (χ4n) is 1.57. The van der Waals surface area contributed by atoms with Gasteiger partial charge < -0.3 is 10.6 Å². The maximum atomic E-state index is 5.67. The van der Waals surface area contributed by atoms with E-state index in [1.807, 2.05) is 6.07 Å². The third-order valence-electron chi connectivity index (χ3n) is 2.42. The van der Waals surface area contributed by atoms with E-state index in [4.69, 9.17) is 5.73 Å². The highest BCUT2D eigenvalue weighted by atomic mass is 32.2. The van der Waals surface area contributed by atoms with Crippen LogP contribution in [0.1, 0.15) is 5.56 Å². The Morgan fingerprint density at radius 3 is 2.64 bits per heavy atom. The number of benzene rings is 1. The molecule has 74 valence electrons. The molecule has 1 aromatic carbocycles. The van der Waals surface area contributed by atoms with Crippen LogP contribution >= 0.6 is 11.8 Å². The number of hydrogen-bond donors (Lipinski definition) is 1. The van der Waals surface area contributed by atoms with Gasteiger partial charge in [0, 0.05) is 13.6 Å². The molecule has 1 aromatic rings. The molecule has 0 radical (unpaired) electrons. The zero-order valence-electron chi connectivity index (χ0n) is 8.18. The van der Waals surface area contributed by atoms with E-state index < -0.39 is 0 Å². The summed E-state index contributed by atoms with van der Waals surface area (Å²) in [5.41, 5.74) is 8.20. The van der Waals surface area contributed by atoms with Gasteiger partial charge >= 0.3 is 0 Å². The molecule has 1 heterocycles. The predicted molar refractivity (Wildman–Crippen MR) is 62.6 cm³/mol. The van der Waals surface area contributed by atoms with E-state index in [2.05, 4.69) is 41.6 Å². The van der Waals surface area contributed by atoms with Gasteiger partial charge in [-0.15, -0.1) is 11.8 Å². The van der Waals surface area contributed by atoms with Gasteiger partial charge in [0.1, 0.15) is 0 Å². The molecule has 0 spiro atoms. The van der Waals surface area contributed by atoms with Crippen LogP contribution in [0.4, 0.5) is 0 Å². The number of hydrogen-bond acceptors (Lipinski definition) is 3. The van der Waals surface area contributed by atoms with Crippen molar-refractivity contribution in [3.8, 4) is 0 Å². The maximum Gasteiger partial charge on any atom is 0.0910 e. The zero-order chi connectivity index (χ0) is 9.97. The molecule has 1 unspecified atom stereocenters. The van der Waals surface area contributed by atoms with Gasteiger partial charge in [-0.2, -0.15) is 0 Å². The molecule has 0 saturated heterocycles. The summed E-state index contributed by atoms with van der Waals surface area (Å²) in [7, 11) is 2.09. The van der Waals surface area contributed by atoms with Crippen LogP contribution < -0.4 is 5.73 Å². The minimum Gasteiger partial charge on any atom is -0.360 e. The summed E-state index contributed by atoms with van der Waals surface area (Å²) in [6.45, 7) is 0.688. The molecule has 0 saturated carbocycles. The SMILES string of the molecule is CN1C(c2ccccc2)=CSC1CN. The largest absolute Gasteiger partial charge is 0.360 e. The van der Waals surface area contributed by atoms with Crippen molar-refractivity contribution in [2.45, 2.75) is 5.37 Å². The van der Waals surface area contributed by atoms with Crippen molar-refractivity contribution in [3.05, 3.63) is 41.3 Å². The van der Waals surface area contributed by atoms with E-state index >= 15 is 0 Å². The van der Waals surface area contributed by atoms with Crippen molar-refractivity contribution in [2.75, 3.05) is 13.6 Å². The van der Waals surface area contributed by atoms with Gasteiger partial charge in [0.2, 0.25) is 0 Å². The van der Waals surface area contributed by atoms with Crippen LogP contribution in [0.2, 0.25) is 0 Å². The molecule has 0 amide bonds. The lowest BCUT2D eigenvalue weighted by atomic mass is 10.1. The summed E-state index contributed by atoms with van der Waals surface area (Å²) in [5, 5.41) is 2.58. The molecule has 14 heavy (non-hydrogen) atoms. The lowest BCUT2D eigenvalue weighted by Gasteiger charge is -2.23. The van der Waals surface area contributed by atoms with Crippen LogP contribution in [0.25, 0.3) is 5.70 Å². The summed E-state index contributed by atoms with van der Waals surface area (Å²) in [6.07, 6.45) is 0. The molecule has 0 aromatic heterocycles. The van der Waals surface area contributed by atoms with Crippen molar-refractivity contribution >= 4 is 17.5 Å². The van der Waals surface area contributed by atoms with Crippen molar-refractivity contribution in [3.63, 3.8) is 0 Å². The molecule has 2 rings (SSSR count). The summed E-state index contributed by atoms with van der Waals surface area (Å²) in [5.74, 6) is 0. The van der Waals surface area contributed by atoms with Crippen molar-refractivity contribution in [1.82, 2.24) is 4.90 Å². The number of nitrogens with zero attached hydrogens (tertiary/aromatic N) is 1. The van der Waals surface area contributed by atoms with Gasteiger partial charge in [-0.3, -0.25) is 0 Å². The molecule has 1 atom stereocenters. The Bertz CT molecular complexity index is 334. The molecule has 0 aliphatic carbocycles.